The molecule has 2 amide bonds. The van der Waals surface area contributed by atoms with E-state index in [0.29, 0.717) is 18.4 Å². The van der Waals surface area contributed by atoms with Crippen molar-refractivity contribution < 1.29 is 9.59 Å². The summed E-state index contributed by atoms with van der Waals surface area (Å²) in [5, 5.41) is 5.89. The highest BCUT2D eigenvalue weighted by Gasteiger charge is 2.48. The lowest BCUT2D eigenvalue weighted by Gasteiger charge is -2.27. The highest BCUT2D eigenvalue weighted by molar-refractivity contribution is 5.92. The van der Waals surface area contributed by atoms with E-state index in [-0.39, 0.29) is 42.1 Å². The molecule has 2 bridgehead atoms. The van der Waals surface area contributed by atoms with Crippen molar-refractivity contribution in [2.45, 2.75) is 45.7 Å². The molecule has 1 aromatic rings. The fourth-order valence-corrected chi connectivity index (χ4v) is 4.02. The number of halogens is 1. The van der Waals surface area contributed by atoms with E-state index in [1.807, 2.05) is 38.1 Å². The van der Waals surface area contributed by atoms with E-state index < -0.39 is 0 Å². The van der Waals surface area contributed by atoms with Gasteiger partial charge in [0.2, 0.25) is 11.8 Å². The molecule has 138 valence electrons. The molecule has 4 atom stereocenters. The van der Waals surface area contributed by atoms with Gasteiger partial charge in [0.05, 0.1) is 5.92 Å². The minimum absolute atomic E-state index is 0. The standard InChI is InChI=1S/C19H27N3O2.ClH/c1-11(2)18(23)22-15-7-3-12(4-8-15)10-21-19(24)16-13-5-6-14(9-13)17(16)20;/h3-4,7-8,11,13-14,16-17H,5-6,9-10,20H2,1-2H3,(H,21,24)(H,22,23);1H. The number of benzene rings is 1. The van der Waals surface area contributed by atoms with Crippen LogP contribution in [-0.2, 0) is 16.1 Å². The first-order valence-corrected chi connectivity index (χ1v) is 8.89. The second kappa shape index (κ2) is 8.19. The summed E-state index contributed by atoms with van der Waals surface area (Å²) in [5.74, 6) is 1.03. The molecule has 2 fully saturated rings. The molecule has 3 rings (SSSR count). The van der Waals surface area contributed by atoms with E-state index in [2.05, 4.69) is 10.6 Å². The van der Waals surface area contributed by atoms with Gasteiger partial charge in [-0.05, 0) is 48.8 Å². The van der Waals surface area contributed by atoms with Gasteiger partial charge in [-0.25, -0.2) is 0 Å². The summed E-state index contributed by atoms with van der Waals surface area (Å²) in [4.78, 5) is 24.1. The second-order valence-electron chi connectivity index (χ2n) is 7.50. The van der Waals surface area contributed by atoms with Crippen LogP contribution in [0.5, 0.6) is 0 Å². The number of nitrogens with one attached hydrogen (secondary N) is 2. The molecule has 25 heavy (non-hydrogen) atoms. The Morgan fingerprint density at radius 3 is 2.36 bits per heavy atom. The third kappa shape index (κ3) is 4.33. The molecule has 0 saturated heterocycles. The Morgan fingerprint density at radius 1 is 1.16 bits per heavy atom. The van der Waals surface area contributed by atoms with Crippen molar-refractivity contribution >= 4 is 29.9 Å². The lowest BCUT2D eigenvalue weighted by molar-refractivity contribution is -0.127. The molecule has 2 aliphatic carbocycles. The summed E-state index contributed by atoms with van der Waals surface area (Å²) in [6.07, 6.45) is 3.43. The molecule has 0 spiro atoms. The zero-order valence-electron chi connectivity index (χ0n) is 14.8. The molecule has 5 nitrogen and oxygen atoms in total. The van der Waals surface area contributed by atoms with Crippen LogP contribution in [0.4, 0.5) is 5.69 Å². The monoisotopic (exact) mass is 365 g/mol. The van der Waals surface area contributed by atoms with Crippen LogP contribution in [0.25, 0.3) is 0 Å². The maximum Gasteiger partial charge on any atom is 0.226 e. The number of carbonyl (C=O) groups excluding carboxylic acids is 2. The number of nitrogens with two attached hydrogens (primary N) is 1. The number of hydrogen-bond acceptors (Lipinski definition) is 3. The average Bonchev–Trinajstić information content (AvgIpc) is 3.15. The SMILES string of the molecule is CC(C)C(=O)Nc1ccc(CNC(=O)C2C3CCC(C3)C2N)cc1.Cl. The quantitative estimate of drug-likeness (QED) is 0.750. The van der Waals surface area contributed by atoms with Gasteiger partial charge in [0.1, 0.15) is 0 Å². The van der Waals surface area contributed by atoms with Gasteiger partial charge >= 0.3 is 0 Å². The third-order valence-electron chi connectivity index (χ3n) is 5.50. The van der Waals surface area contributed by atoms with Crippen molar-refractivity contribution in [3.63, 3.8) is 0 Å². The molecule has 2 aliphatic rings. The molecule has 4 unspecified atom stereocenters. The van der Waals surface area contributed by atoms with Crippen molar-refractivity contribution in [3.05, 3.63) is 29.8 Å². The van der Waals surface area contributed by atoms with Crippen LogP contribution < -0.4 is 16.4 Å². The molecule has 0 aromatic heterocycles. The van der Waals surface area contributed by atoms with Crippen molar-refractivity contribution in [1.82, 2.24) is 5.32 Å². The summed E-state index contributed by atoms with van der Waals surface area (Å²) in [5.41, 5.74) is 8.02. The first-order chi connectivity index (χ1) is 11.5. The van der Waals surface area contributed by atoms with Gasteiger partial charge in [0.15, 0.2) is 0 Å². The molecule has 0 aliphatic heterocycles. The summed E-state index contributed by atoms with van der Waals surface area (Å²) in [7, 11) is 0. The Morgan fingerprint density at radius 2 is 1.80 bits per heavy atom. The molecule has 6 heteroatoms. The fraction of sp³-hybridized carbons (Fsp3) is 0.579. The van der Waals surface area contributed by atoms with Crippen LogP contribution in [-0.4, -0.2) is 17.9 Å². The van der Waals surface area contributed by atoms with Gasteiger partial charge < -0.3 is 16.4 Å². The zero-order chi connectivity index (χ0) is 17.3. The van der Waals surface area contributed by atoms with E-state index in [1.54, 1.807) is 0 Å². The minimum Gasteiger partial charge on any atom is -0.352 e. The first-order valence-electron chi connectivity index (χ1n) is 8.89. The minimum atomic E-state index is -0.0464. The van der Waals surface area contributed by atoms with E-state index in [9.17, 15) is 9.59 Å². The fourth-order valence-electron chi connectivity index (χ4n) is 4.02. The van der Waals surface area contributed by atoms with Gasteiger partial charge in [-0.2, -0.15) is 0 Å². The highest BCUT2D eigenvalue weighted by atomic mass is 35.5. The smallest absolute Gasteiger partial charge is 0.226 e. The normalized spacial score (nSPS) is 27.0. The number of carbonyl (C=O) groups is 2. The highest BCUT2D eigenvalue weighted by Crippen LogP contribution is 2.47. The molecule has 2 saturated carbocycles. The number of amides is 2. The predicted molar refractivity (Wildman–Crippen MR) is 101 cm³/mol. The third-order valence-corrected chi connectivity index (χ3v) is 5.50. The largest absolute Gasteiger partial charge is 0.352 e. The molecular weight excluding hydrogens is 338 g/mol. The maximum atomic E-state index is 12.5. The van der Waals surface area contributed by atoms with Gasteiger partial charge in [-0.15, -0.1) is 12.4 Å². The lowest BCUT2D eigenvalue weighted by atomic mass is 9.84. The van der Waals surface area contributed by atoms with Gasteiger partial charge in [0, 0.05) is 24.2 Å². The van der Waals surface area contributed by atoms with Gasteiger partial charge in [-0.3, -0.25) is 9.59 Å². The Hall–Kier alpha value is -1.59. The summed E-state index contributed by atoms with van der Waals surface area (Å²) in [6.45, 7) is 4.22. The topological polar surface area (TPSA) is 84.2 Å². The van der Waals surface area contributed by atoms with Crippen LogP contribution in [0.2, 0.25) is 0 Å². The molecular formula is C19H28ClN3O2. The van der Waals surface area contributed by atoms with E-state index in [0.717, 1.165) is 24.1 Å². The first kappa shape index (κ1) is 19.7. The summed E-state index contributed by atoms with van der Waals surface area (Å²) in [6, 6.07) is 7.61. The van der Waals surface area contributed by atoms with E-state index >= 15 is 0 Å². The molecule has 0 radical (unpaired) electrons. The maximum absolute atomic E-state index is 12.5. The molecule has 0 heterocycles. The van der Waals surface area contributed by atoms with Crippen molar-refractivity contribution in [2.24, 2.45) is 29.4 Å². The lowest BCUT2D eigenvalue weighted by Crippen LogP contribution is -2.45. The predicted octanol–water partition coefficient (Wildman–Crippen LogP) is 2.69. The molecule has 1 aromatic carbocycles. The number of rotatable bonds is 5. The van der Waals surface area contributed by atoms with Crippen LogP contribution in [0.1, 0.15) is 38.7 Å². The summed E-state index contributed by atoms with van der Waals surface area (Å²) >= 11 is 0. The van der Waals surface area contributed by atoms with Crippen molar-refractivity contribution in [3.8, 4) is 0 Å². The van der Waals surface area contributed by atoms with Gasteiger partial charge in [-0.1, -0.05) is 26.0 Å². The summed E-state index contributed by atoms with van der Waals surface area (Å²) < 4.78 is 0. The van der Waals surface area contributed by atoms with Crippen LogP contribution in [0.3, 0.4) is 0 Å². The second-order valence-corrected chi connectivity index (χ2v) is 7.50. The number of anilines is 1. The zero-order valence-corrected chi connectivity index (χ0v) is 15.6. The Labute approximate surface area is 155 Å². The van der Waals surface area contributed by atoms with Crippen molar-refractivity contribution in [1.29, 1.82) is 0 Å². The van der Waals surface area contributed by atoms with E-state index in [1.165, 1.54) is 6.42 Å². The Bertz CT molecular complexity index is 616. The molecule has 4 N–H and O–H groups in total. The Kier molecular flexibility index (Phi) is 6.47. The number of hydrogen-bond donors (Lipinski definition) is 3. The van der Waals surface area contributed by atoms with E-state index in [4.69, 9.17) is 5.73 Å². The average molecular weight is 366 g/mol. The van der Waals surface area contributed by atoms with Crippen LogP contribution in [0, 0.1) is 23.7 Å². The van der Waals surface area contributed by atoms with Gasteiger partial charge in [0.25, 0.3) is 0 Å². The van der Waals surface area contributed by atoms with Crippen molar-refractivity contribution in [2.75, 3.05) is 5.32 Å². The Balaban J connectivity index is 0.00000225. The number of fused-ring (bicyclic) bond motifs is 2. The van der Waals surface area contributed by atoms with Crippen LogP contribution in [0.15, 0.2) is 24.3 Å². The van der Waals surface area contributed by atoms with Crippen LogP contribution >= 0.6 is 12.4 Å².